The van der Waals surface area contributed by atoms with E-state index in [0.717, 1.165) is 57.8 Å². The normalized spacial score (nSPS) is 15.1. The molecule has 1 amide bonds. The summed E-state index contributed by atoms with van der Waals surface area (Å²) in [4.78, 5) is 26.6. The van der Waals surface area contributed by atoms with Crippen molar-refractivity contribution in [2.45, 2.75) is 18.9 Å². The van der Waals surface area contributed by atoms with E-state index >= 15 is 0 Å². The lowest BCUT2D eigenvalue weighted by Crippen LogP contribution is -2.44. The summed E-state index contributed by atoms with van der Waals surface area (Å²) in [5.74, 6) is 0.508. The molecule has 5 rings (SSSR count). The van der Waals surface area contributed by atoms with Crippen LogP contribution in [0.5, 0.6) is 0 Å². The second-order valence-corrected chi connectivity index (χ2v) is 9.71. The quantitative estimate of drug-likeness (QED) is 0.478. The molecule has 0 aliphatic carbocycles. The lowest BCUT2D eigenvalue weighted by atomic mass is 10.0. The molecule has 1 aliphatic rings. The van der Waals surface area contributed by atoms with Gasteiger partial charge < -0.3 is 15.5 Å². The summed E-state index contributed by atoms with van der Waals surface area (Å²) in [7, 11) is 4.05. The van der Waals surface area contributed by atoms with Gasteiger partial charge in [-0.2, -0.15) is 0 Å². The molecule has 1 saturated heterocycles. The van der Waals surface area contributed by atoms with E-state index in [1.165, 1.54) is 0 Å². The first-order valence-electron chi connectivity index (χ1n) is 11.2. The van der Waals surface area contributed by atoms with E-state index in [2.05, 4.69) is 23.0 Å². The Hall–Kier alpha value is -3.29. The summed E-state index contributed by atoms with van der Waals surface area (Å²) in [6.07, 6.45) is 3.77. The number of benzene rings is 2. The summed E-state index contributed by atoms with van der Waals surface area (Å²) in [5, 5.41) is 0.845. The van der Waals surface area contributed by atoms with E-state index in [1.807, 2.05) is 60.5 Å². The number of hydrogen-bond donors (Lipinski definition) is 1. The molecule has 0 radical (unpaired) electrons. The van der Waals surface area contributed by atoms with Crippen molar-refractivity contribution in [1.29, 1.82) is 0 Å². The molecule has 6 nitrogen and oxygen atoms in total. The van der Waals surface area contributed by atoms with Gasteiger partial charge in [-0.1, -0.05) is 24.3 Å². The molecule has 0 atom stereocenters. The Kier molecular flexibility index (Phi) is 5.83. The van der Waals surface area contributed by atoms with Crippen molar-refractivity contribution in [1.82, 2.24) is 19.8 Å². The number of nitrogens with two attached hydrogens (primary N) is 1. The number of carbonyl (C=O) groups is 1. The number of para-hydroxylation sites is 1. The Balaban J connectivity index is 1.44. The van der Waals surface area contributed by atoms with E-state index in [4.69, 9.17) is 10.7 Å². The van der Waals surface area contributed by atoms with Crippen LogP contribution in [-0.4, -0.2) is 58.9 Å². The molecule has 0 saturated carbocycles. The molecule has 3 heterocycles. The lowest BCUT2D eigenvalue weighted by Gasteiger charge is -2.35. The summed E-state index contributed by atoms with van der Waals surface area (Å²) < 4.78 is 1.11. The predicted molar refractivity (Wildman–Crippen MR) is 135 cm³/mol. The fraction of sp³-hybridized carbons (Fsp3) is 0.269. The van der Waals surface area contributed by atoms with Crippen LogP contribution in [0, 0.1) is 0 Å². The number of piperidine rings is 1. The molecule has 2 aromatic carbocycles. The van der Waals surface area contributed by atoms with Crippen LogP contribution in [0.1, 0.15) is 23.2 Å². The third kappa shape index (κ3) is 4.34. The van der Waals surface area contributed by atoms with Gasteiger partial charge in [-0.05, 0) is 68.9 Å². The van der Waals surface area contributed by atoms with E-state index < -0.39 is 0 Å². The Labute approximate surface area is 197 Å². The van der Waals surface area contributed by atoms with Crippen LogP contribution in [0.3, 0.4) is 0 Å². The van der Waals surface area contributed by atoms with Crippen LogP contribution in [0.15, 0.2) is 60.8 Å². The number of anilines is 1. The third-order valence-electron chi connectivity index (χ3n) is 6.44. The number of nitrogens with zero attached hydrogens (tertiary/aromatic N) is 4. The number of pyridine rings is 1. The highest BCUT2D eigenvalue weighted by atomic mass is 32.1. The lowest BCUT2D eigenvalue weighted by molar-refractivity contribution is 0.0659. The van der Waals surface area contributed by atoms with Gasteiger partial charge in [0.1, 0.15) is 10.8 Å². The minimum Gasteiger partial charge on any atom is -0.383 e. The minimum absolute atomic E-state index is 0.0567. The van der Waals surface area contributed by atoms with Gasteiger partial charge in [0.2, 0.25) is 0 Å². The molecule has 168 valence electrons. The zero-order valence-electron chi connectivity index (χ0n) is 18.9. The maximum absolute atomic E-state index is 13.2. The summed E-state index contributed by atoms with van der Waals surface area (Å²) in [5.41, 5.74) is 10.5. The number of fused-ring (bicyclic) bond motifs is 1. The Bertz CT molecular complexity index is 1280. The number of aromatic nitrogens is 2. The third-order valence-corrected chi connectivity index (χ3v) is 7.51. The van der Waals surface area contributed by atoms with Gasteiger partial charge in [0.05, 0.1) is 15.8 Å². The maximum atomic E-state index is 13.2. The van der Waals surface area contributed by atoms with Gasteiger partial charge in [0.15, 0.2) is 0 Å². The zero-order chi connectivity index (χ0) is 22.9. The average Bonchev–Trinajstić information content (AvgIpc) is 3.28. The van der Waals surface area contributed by atoms with E-state index in [1.54, 1.807) is 17.5 Å². The Morgan fingerprint density at radius 3 is 2.67 bits per heavy atom. The summed E-state index contributed by atoms with van der Waals surface area (Å²) >= 11 is 1.60. The predicted octanol–water partition coefficient (Wildman–Crippen LogP) is 4.77. The molecule has 0 unspecified atom stereocenters. The molecule has 33 heavy (non-hydrogen) atoms. The first kappa shape index (κ1) is 21.6. The van der Waals surface area contributed by atoms with Crippen LogP contribution in [0.2, 0.25) is 0 Å². The highest BCUT2D eigenvalue weighted by Gasteiger charge is 2.25. The topological polar surface area (TPSA) is 75.3 Å². The molecular weight excluding hydrogens is 430 g/mol. The van der Waals surface area contributed by atoms with Gasteiger partial charge >= 0.3 is 0 Å². The number of thiazole rings is 1. The van der Waals surface area contributed by atoms with Crippen LogP contribution in [0.4, 0.5) is 5.82 Å². The fourth-order valence-electron chi connectivity index (χ4n) is 4.38. The number of rotatable bonds is 4. The SMILES string of the molecule is CN1CCC(N(C)C(=O)c2cccc(-c3cnc(N)c(-c4nc5ccccc5s4)c3)c2)CC1. The summed E-state index contributed by atoms with van der Waals surface area (Å²) in [6.45, 7) is 2.04. The number of amides is 1. The second kappa shape index (κ2) is 8.92. The van der Waals surface area contributed by atoms with Crippen molar-refractivity contribution < 1.29 is 4.79 Å². The largest absolute Gasteiger partial charge is 0.383 e. The van der Waals surface area contributed by atoms with Gasteiger partial charge in [-0.3, -0.25) is 4.79 Å². The zero-order valence-corrected chi connectivity index (χ0v) is 19.7. The molecule has 2 aromatic heterocycles. The van der Waals surface area contributed by atoms with Gasteiger partial charge in [-0.15, -0.1) is 11.3 Å². The van der Waals surface area contributed by atoms with Crippen molar-refractivity contribution >= 4 is 33.3 Å². The highest BCUT2D eigenvalue weighted by molar-refractivity contribution is 7.21. The van der Waals surface area contributed by atoms with Gasteiger partial charge in [-0.25, -0.2) is 9.97 Å². The van der Waals surface area contributed by atoms with E-state index in [9.17, 15) is 4.79 Å². The molecule has 1 fully saturated rings. The maximum Gasteiger partial charge on any atom is 0.253 e. The molecule has 7 heteroatoms. The van der Waals surface area contributed by atoms with E-state index in [-0.39, 0.29) is 11.9 Å². The number of carbonyl (C=O) groups excluding carboxylic acids is 1. The van der Waals surface area contributed by atoms with Crippen molar-refractivity contribution in [3.63, 3.8) is 0 Å². The van der Waals surface area contributed by atoms with Crippen molar-refractivity contribution in [3.05, 3.63) is 66.4 Å². The van der Waals surface area contributed by atoms with Gasteiger partial charge in [0, 0.05) is 30.4 Å². The average molecular weight is 458 g/mol. The molecule has 1 aliphatic heterocycles. The Morgan fingerprint density at radius 1 is 1.09 bits per heavy atom. The standard InChI is InChI=1S/C26H27N5OS/c1-30-12-10-20(11-13-30)31(2)26(32)18-7-5-6-17(14-18)19-15-21(24(27)28-16-19)25-29-22-8-3-4-9-23(22)33-25/h3-9,14-16,20H,10-13H2,1-2H3,(H2,27,28). The smallest absolute Gasteiger partial charge is 0.253 e. The van der Waals surface area contributed by atoms with Crippen molar-refractivity contribution in [2.75, 3.05) is 32.9 Å². The summed E-state index contributed by atoms with van der Waals surface area (Å²) in [6, 6.07) is 18.1. The number of likely N-dealkylation sites (tertiary alicyclic amines) is 1. The molecular formula is C26H27N5OS. The second-order valence-electron chi connectivity index (χ2n) is 8.67. The number of hydrogen-bond acceptors (Lipinski definition) is 6. The fourth-order valence-corrected chi connectivity index (χ4v) is 5.37. The molecule has 0 bridgehead atoms. The first-order chi connectivity index (χ1) is 16.0. The number of nitrogen functional groups attached to an aromatic ring is 1. The van der Waals surface area contributed by atoms with Crippen LogP contribution < -0.4 is 5.73 Å². The van der Waals surface area contributed by atoms with Crippen LogP contribution >= 0.6 is 11.3 Å². The molecule has 0 spiro atoms. The first-order valence-corrected chi connectivity index (χ1v) is 12.0. The van der Waals surface area contributed by atoms with Gasteiger partial charge in [0.25, 0.3) is 5.91 Å². The van der Waals surface area contributed by atoms with Crippen LogP contribution in [0.25, 0.3) is 31.9 Å². The highest BCUT2D eigenvalue weighted by Crippen LogP contribution is 2.35. The minimum atomic E-state index is 0.0567. The van der Waals surface area contributed by atoms with Crippen molar-refractivity contribution in [3.8, 4) is 21.7 Å². The Morgan fingerprint density at radius 2 is 1.88 bits per heavy atom. The van der Waals surface area contributed by atoms with E-state index in [0.29, 0.717) is 11.4 Å². The molecule has 2 N–H and O–H groups in total. The molecule has 4 aromatic rings. The van der Waals surface area contributed by atoms with Crippen LogP contribution in [-0.2, 0) is 0 Å². The van der Waals surface area contributed by atoms with Crippen molar-refractivity contribution in [2.24, 2.45) is 0 Å². The monoisotopic (exact) mass is 457 g/mol.